The number of fused-ring (bicyclic) bond motifs is 1. The summed E-state index contributed by atoms with van der Waals surface area (Å²) in [5.74, 6) is -0.841. The summed E-state index contributed by atoms with van der Waals surface area (Å²) in [7, 11) is 0. The molecule has 0 saturated heterocycles. The molecule has 1 N–H and O–H groups in total. The van der Waals surface area contributed by atoms with Crippen molar-refractivity contribution in [3.8, 4) is 0 Å². The van der Waals surface area contributed by atoms with Gasteiger partial charge in [-0.05, 0) is 17.0 Å². The highest BCUT2D eigenvalue weighted by Crippen LogP contribution is 2.38. The van der Waals surface area contributed by atoms with Crippen LogP contribution in [0.1, 0.15) is 58.5 Å². The van der Waals surface area contributed by atoms with Crippen LogP contribution < -0.4 is 5.32 Å². The molecule has 122 valence electrons. The Morgan fingerprint density at radius 2 is 1.42 bits per heavy atom. The number of ketones is 2. The van der Waals surface area contributed by atoms with Crippen LogP contribution >= 0.6 is 0 Å². The van der Waals surface area contributed by atoms with Gasteiger partial charge in [-0.1, -0.05) is 62.4 Å². The highest BCUT2D eigenvalue weighted by Gasteiger charge is 2.54. The lowest BCUT2D eigenvalue weighted by Gasteiger charge is -2.27. The summed E-state index contributed by atoms with van der Waals surface area (Å²) in [5.41, 5.74) is 0.638. The van der Waals surface area contributed by atoms with E-state index in [0.29, 0.717) is 22.6 Å². The Kier molecular flexibility index (Phi) is 3.84. The number of rotatable bonds is 3. The SMILES string of the molecule is CC(=O)NC1(c2ccc(C(C)C)cc2)C(=O)c2ccccc2C1=O. The van der Waals surface area contributed by atoms with E-state index in [1.165, 1.54) is 6.92 Å². The minimum atomic E-state index is -1.66. The van der Waals surface area contributed by atoms with Crippen molar-refractivity contribution < 1.29 is 14.4 Å². The number of benzene rings is 2. The van der Waals surface area contributed by atoms with E-state index in [9.17, 15) is 14.4 Å². The van der Waals surface area contributed by atoms with Gasteiger partial charge in [0, 0.05) is 18.1 Å². The van der Waals surface area contributed by atoms with Crippen LogP contribution in [-0.4, -0.2) is 17.5 Å². The van der Waals surface area contributed by atoms with Gasteiger partial charge in [-0.15, -0.1) is 0 Å². The lowest BCUT2D eigenvalue weighted by Crippen LogP contribution is -2.53. The highest BCUT2D eigenvalue weighted by atomic mass is 16.2. The van der Waals surface area contributed by atoms with Gasteiger partial charge < -0.3 is 5.32 Å². The van der Waals surface area contributed by atoms with Crippen LogP contribution in [0.2, 0.25) is 0 Å². The van der Waals surface area contributed by atoms with Crippen LogP contribution in [0.4, 0.5) is 0 Å². The maximum absolute atomic E-state index is 13.0. The average Bonchev–Trinajstić information content (AvgIpc) is 2.78. The van der Waals surface area contributed by atoms with Crippen LogP contribution in [0.3, 0.4) is 0 Å². The second-order valence-electron chi connectivity index (χ2n) is 6.41. The predicted molar refractivity (Wildman–Crippen MR) is 91.1 cm³/mol. The molecular formula is C20H19NO3. The van der Waals surface area contributed by atoms with Crippen molar-refractivity contribution in [1.82, 2.24) is 5.32 Å². The van der Waals surface area contributed by atoms with Crippen molar-refractivity contribution in [2.45, 2.75) is 32.2 Å². The van der Waals surface area contributed by atoms with E-state index in [-0.39, 0.29) is 11.6 Å². The molecule has 0 saturated carbocycles. The largest absolute Gasteiger partial charge is 0.333 e. The fraction of sp³-hybridized carbons (Fsp3) is 0.250. The Bertz CT molecular complexity index is 799. The number of hydrogen-bond acceptors (Lipinski definition) is 3. The first-order valence-corrected chi connectivity index (χ1v) is 7.95. The molecular weight excluding hydrogens is 302 g/mol. The number of amides is 1. The Labute approximate surface area is 140 Å². The van der Waals surface area contributed by atoms with Gasteiger partial charge in [-0.3, -0.25) is 14.4 Å². The topological polar surface area (TPSA) is 63.2 Å². The molecule has 2 aromatic rings. The molecule has 1 aliphatic rings. The number of carbonyl (C=O) groups is 3. The molecule has 0 radical (unpaired) electrons. The molecule has 0 unspecified atom stereocenters. The first-order chi connectivity index (χ1) is 11.4. The molecule has 0 bridgehead atoms. The normalized spacial score (nSPS) is 15.5. The zero-order valence-electron chi connectivity index (χ0n) is 13.9. The van der Waals surface area contributed by atoms with Gasteiger partial charge in [-0.2, -0.15) is 0 Å². The molecule has 1 aliphatic carbocycles. The molecule has 0 aromatic heterocycles. The summed E-state index contributed by atoms with van der Waals surface area (Å²) in [6, 6.07) is 14.0. The van der Waals surface area contributed by atoms with Crippen LogP contribution in [0.15, 0.2) is 48.5 Å². The summed E-state index contributed by atoms with van der Waals surface area (Å²) >= 11 is 0. The van der Waals surface area contributed by atoms with Crippen LogP contribution in [0, 0.1) is 0 Å². The monoisotopic (exact) mass is 321 g/mol. The van der Waals surface area contributed by atoms with Crippen molar-refractivity contribution in [3.63, 3.8) is 0 Å². The minimum absolute atomic E-state index is 0.336. The molecule has 0 aliphatic heterocycles. The fourth-order valence-corrected chi connectivity index (χ4v) is 3.22. The number of Topliss-reactive ketones (excluding diaryl/α,β-unsaturated/α-hetero) is 2. The standard InChI is InChI=1S/C20H19NO3/c1-12(2)14-8-10-15(11-9-14)20(21-13(3)22)18(23)16-6-4-5-7-17(16)19(20)24/h4-12H,1-3H3,(H,21,22). The molecule has 0 spiro atoms. The zero-order chi connectivity index (χ0) is 17.5. The lowest BCUT2D eigenvalue weighted by atomic mass is 9.83. The summed E-state index contributed by atoms with van der Waals surface area (Å²) in [6.07, 6.45) is 0. The van der Waals surface area contributed by atoms with Crippen LogP contribution in [-0.2, 0) is 10.3 Å². The summed E-state index contributed by atoms with van der Waals surface area (Å²) in [4.78, 5) is 37.9. The Morgan fingerprint density at radius 3 is 1.83 bits per heavy atom. The summed E-state index contributed by atoms with van der Waals surface area (Å²) in [5, 5.41) is 2.63. The van der Waals surface area contributed by atoms with E-state index in [1.807, 2.05) is 12.1 Å². The van der Waals surface area contributed by atoms with Crippen molar-refractivity contribution in [2.24, 2.45) is 0 Å². The van der Waals surface area contributed by atoms with E-state index in [4.69, 9.17) is 0 Å². The van der Waals surface area contributed by atoms with Crippen LogP contribution in [0.25, 0.3) is 0 Å². The molecule has 0 heterocycles. The van der Waals surface area contributed by atoms with Gasteiger partial charge in [0.25, 0.3) is 0 Å². The first-order valence-electron chi connectivity index (χ1n) is 7.95. The van der Waals surface area contributed by atoms with Gasteiger partial charge in [-0.25, -0.2) is 0 Å². The molecule has 1 amide bonds. The molecule has 2 aromatic carbocycles. The molecule has 24 heavy (non-hydrogen) atoms. The molecule has 4 heteroatoms. The smallest absolute Gasteiger partial charge is 0.218 e. The van der Waals surface area contributed by atoms with Crippen molar-refractivity contribution in [3.05, 3.63) is 70.8 Å². The second-order valence-corrected chi connectivity index (χ2v) is 6.41. The van der Waals surface area contributed by atoms with Crippen LogP contribution in [0.5, 0.6) is 0 Å². The van der Waals surface area contributed by atoms with E-state index >= 15 is 0 Å². The Morgan fingerprint density at radius 1 is 0.917 bits per heavy atom. The van der Waals surface area contributed by atoms with E-state index < -0.39 is 11.4 Å². The van der Waals surface area contributed by atoms with Gasteiger partial charge in [0.05, 0.1) is 0 Å². The Balaban J connectivity index is 2.19. The van der Waals surface area contributed by atoms with E-state index in [0.717, 1.165) is 5.56 Å². The maximum atomic E-state index is 13.0. The third-order valence-corrected chi connectivity index (χ3v) is 4.47. The molecule has 4 nitrogen and oxygen atoms in total. The summed E-state index contributed by atoms with van der Waals surface area (Å²) in [6.45, 7) is 5.45. The third kappa shape index (κ3) is 2.26. The van der Waals surface area contributed by atoms with Gasteiger partial charge in [0.2, 0.25) is 17.5 Å². The number of nitrogens with one attached hydrogen (secondary N) is 1. The lowest BCUT2D eigenvalue weighted by molar-refractivity contribution is -0.120. The summed E-state index contributed by atoms with van der Waals surface area (Å²) < 4.78 is 0. The zero-order valence-corrected chi connectivity index (χ0v) is 13.9. The highest BCUT2D eigenvalue weighted by molar-refractivity contribution is 6.33. The van der Waals surface area contributed by atoms with E-state index in [2.05, 4.69) is 19.2 Å². The quantitative estimate of drug-likeness (QED) is 0.883. The Hall–Kier alpha value is -2.75. The average molecular weight is 321 g/mol. The molecule has 0 atom stereocenters. The van der Waals surface area contributed by atoms with Crippen molar-refractivity contribution in [1.29, 1.82) is 0 Å². The first kappa shape index (κ1) is 16.1. The number of hydrogen-bond donors (Lipinski definition) is 1. The fourth-order valence-electron chi connectivity index (χ4n) is 3.22. The minimum Gasteiger partial charge on any atom is -0.333 e. The van der Waals surface area contributed by atoms with Gasteiger partial charge >= 0.3 is 0 Å². The van der Waals surface area contributed by atoms with E-state index in [1.54, 1.807) is 36.4 Å². The van der Waals surface area contributed by atoms with Crippen molar-refractivity contribution >= 4 is 17.5 Å². The van der Waals surface area contributed by atoms with Gasteiger partial charge in [0.15, 0.2) is 5.54 Å². The van der Waals surface area contributed by atoms with Crippen molar-refractivity contribution in [2.75, 3.05) is 0 Å². The second kappa shape index (κ2) is 5.71. The number of carbonyl (C=O) groups excluding carboxylic acids is 3. The third-order valence-electron chi connectivity index (χ3n) is 4.47. The molecule has 0 fully saturated rings. The van der Waals surface area contributed by atoms with Gasteiger partial charge in [0.1, 0.15) is 0 Å². The predicted octanol–water partition coefficient (Wildman–Crippen LogP) is 3.22. The molecule has 3 rings (SSSR count). The maximum Gasteiger partial charge on any atom is 0.218 e.